The summed E-state index contributed by atoms with van der Waals surface area (Å²) in [5, 5.41) is 4.60. The molecule has 2 aromatic carbocycles. The van der Waals surface area contributed by atoms with Gasteiger partial charge in [-0.05, 0) is 48.7 Å². The third kappa shape index (κ3) is 7.69. The van der Waals surface area contributed by atoms with E-state index in [0.717, 1.165) is 17.5 Å². The summed E-state index contributed by atoms with van der Waals surface area (Å²) in [5.41, 5.74) is 1.78. The maximum absolute atomic E-state index is 13.0. The van der Waals surface area contributed by atoms with Crippen LogP contribution < -0.4 is 5.32 Å². The van der Waals surface area contributed by atoms with Crippen molar-refractivity contribution in [3.63, 3.8) is 0 Å². The molecule has 4 nitrogen and oxygen atoms in total. The van der Waals surface area contributed by atoms with Crippen molar-refractivity contribution in [1.82, 2.24) is 10.2 Å². The number of carbonyl (C=O) groups is 2. The van der Waals surface area contributed by atoms with Crippen LogP contribution >= 0.6 is 46.6 Å². The number of nitrogens with zero attached hydrogens (tertiary/aromatic N) is 1. The maximum atomic E-state index is 13.0. The molecular formula is C22H25Cl3N2O2S. The lowest BCUT2D eigenvalue weighted by Crippen LogP contribution is -2.48. The Labute approximate surface area is 197 Å². The Morgan fingerprint density at radius 1 is 1.10 bits per heavy atom. The zero-order valence-electron chi connectivity index (χ0n) is 17.0. The lowest BCUT2D eigenvalue weighted by Gasteiger charge is -2.29. The lowest BCUT2D eigenvalue weighted by atomic mass is 10.1. The van der Waals surface area contributed by atoms with Gasteiger partial charge in [-0.2, -0.15) is 0 Å². The second kappa shape index (κ2) is 12.5. The third-order valence-electron chi connectivity index (χ3n) is 4.46. The van der Waals surface area contributed by atoms with E-state index in [-0.39, 0.29) is 17.6 Å². The summed E-state index contributed by atoms with van der Waals surface area (Å²) in [4.78, 5) is 27.1. The smallest absolute Gasteiger partial charge is 0.242 e. The van der Waals surface area contributed by atoms with E-state index in [4.69, 9.17) is 34.8 Å². The monoisotopic (exact) mass is 486 g/mol. The number of hydrogen-bond donors (Lipinski definition) is 1. The van der Waals surface area contributed by atoms with Gasteiger partial charge in [0.15, 0.2) is 0 Å². The Hall–Kier alpha value is -1.40. The fourth-order valence-corrected chi connectivity index (χ4v) is 4.46. The highest BCUT2D eigenvalue weighted by Crippen LogP contribution is 2.25. The van der Waals surface area contributed by atoms with Gasteiger partial charge in [0.05, 0.1) is 5.75 Å². The Kier molecular flexibility index (Phi) is 10.3. The zero-order chi connectivity index (χ0) is 22.1. The first-order chi connectivity index (χ1) is 14.3. The molecule has 0 unspecified atom stereocenters. The molecule has 30 heavy (non-hydrogen) atoms. The highest BCUT2D eigenvalue weighted by molar-refractivity contribution is 7.99. The molecule has 2 amide bonds. The molecule has 1 atom stereocenters. The highest BCUT2D eigenvalue weighted by atomic mass is 35.5. The number of rotatable bonds is 10. The van der Waals surface area contributed by atoms with Crippen LogP contribution in [-0.4, -0.2) is 35.1 Å². The molecule has 0 spiro atoms. The van der Waals surface area contributed by atoms with Crippen LogP contribution in [0.25, 0.3) is 0 Å². The van der Waals surface area contributed by atoms with Crippen LogP contribution in [0, 0.1) is 0 Å². The summed E-state index contributed by atoms with van der Waals surface area (Å²) >= 11 is 19.7. The molecule has 0 aliphatic heterocycles. The van der Waals surface area contributed by atoms with Crippen LogP contribution in [0.15, 0.2) is 42.5 Å². The van der Waals surface area contributed by atoms with E-state index in [1.165, 1.54) is 11.8 Å². The van der Waals surface area contributed by atoms with Gasteiger partial charge in [-0.15, -0.1) is 11.8 Å². The number of nitrogens with one attached hydrogen (secondary N) is 1. The Morgan fingerprint density at radius 3 is 2.50 bits per heavy atom. The van der Waals surface area contributed by atoms with Crippen LogP contribution in [0.4, 0.5) is 0 Å². The largest absolute Gasteiger partial charge is 0.354 e. The predicted molar refractivity (Wildman–Crippen MR) is 127 cm³/mol. The topological polar surface area (TPSA) is 49.4 Å². The van der Waals surface area contributed by atoms with Crippen molar-refractivity contribution >= 4 is 58.4 Å². The molecule has 0 fully saturated rings. The standard InChI is InChI=1S/C22H25Cl3N2O2S/c1-3-9-26-22(29)15(2)27(12-16-5-4-6-18(23)10-16)21(28)14-30-13-17-7-8-19(24)11-20(17)25/h4-8,10-11,15H,3,9,12-14H2,1-2H3,(H,26,29)/t15-/m0/s1. The van der Waals surface area contributed by atoms with Gasteiger partial charge in [0, 0.05) is 33.9 Å². The maximum Gasteiger partial charge on any atom is 0.242 e. The first-order valence-corrected chi connectivity index (χ1v) is 11.9. The van der Waals surface area contributed by atoms with E-state index >= 15 is 0 Å². The molecule has 0 aromatic heterocycles. The Bertz CT molecular complexity index is 879. The number of hydrogen-bond acceptors (Lipinski definition) is 3. The van der Waals surface area contributed by atoms with Gasteiger partial charge >= 0.3 is 0 Å². The molecule has 0 bridgehead atoms. The molecule has 2 rings (SSSR count). The van der Waals surface area contributed by atoms with E-state index in [1.807, 2.05) is 25.1 Å². The van der Waals surface area contributed by atoms with Crippen LogP contribution in [0.1, 0.15) is 31.4 Å². The number of amides is 2. The fraction of sp³-hybridized carbons (Fsp3) is 0.364. The summed E-state index contributed by atoms with van der Waals surface area (Å²) in [5.74, 6) is 0.510. The lowest BCUT2D eigenvalue weighted by molar-refractivity contribution is -0.138. The first-order valence-electron chi connectivity index (χ1n) is 9.65. The van der Waals surface area contributed by atoms with Crippen molar-refractivity contribution in [3.8, 4) is 0 Å². The molecular weight excluding hydrogens is 463 g/mol. The molecule has 0 radical (unpaired) electrons. The minimum Gasteiger partial charge on any atom is -0.354 e. The Morgan fingerprint density at radius 2 is 1.83 bits per heavy atom. The average molecular weight is 488 g/mol. The summed E-state index contributed by atoms with van der Waals surface area (Å²) in [7, 11) is 0. The van der Waals surface area contributed by atoms with Gasteiger partial charge < -0.3 is 10.2 Å². The molecule has 0 saturated heterocycles. The Balaban J connectivity index is 2.07. The first kappa shape index (κ1) is 24.9. The molecule has 8 heteroatoms. The second-order valence-electron chi connectivity index (χ2n) is 6.85. The molecule has 0 aliphatic rings. The molecule has 0 heterocycles. The van der Waals surface area contributed by atoms with E-state index < -0.39 is 6.04 Å². The number of benzene rings is 2. The van der Waals surface area contributed by atoms with E-state index in [2.05, 4.69) is 5.32 Å². The predicted octanol–water partition coefficient (Wildman–Crippen LogP) is 5.82. The van der Waals surface area contributed by atoms with Gasteiger partial charge in [0.1, 0.15) is 6.04 Å². The van der Waals surface area contributed by atoms with Crippen molar-refractivity contribution in [2.45, 2.75) is 38.6 Å². The van der Waals surface area contributed by atoms with Gasteiger partial charge in [0.25, 0.3) is 0 Å². The van der Waals surface area contributed by atoms with Crippen molar-refractivity contribution in [2.75, 3.05) is 12.3 Å². The summed E-state index contributed by atoms with van der Waals surface area (Å²) in [6, 6.07) is 12.0. The van der Waals surface area contributed by atoms with Crippen LogP contribution in [0.2, 0.25) is 15.1 Å². The molecule has 0 saturated carbocycles. The average Bonchev–Trinajstić information content (AvgIpc) is 2.71. The second-order valence-corrected chi connectivity index (χ2v) is 9.11. The van der Waals surface area contributed by atoms with Crippen LogP contribution in [0.5, 0.6) is 0 Å². The van der Waals surface area contributed by atoms with Gasteiger partial charge in [0.2, 0.25) is 11.8 Å². The van der Waals surface area contributed by atoms with Crippen molar-refractivity contribution in [3.05, 3.63) is 68.7 Å². The number of halogens is 3. The molecule has 1 N–H and O–H groups in total. The van der Waals surface area contributed by atoms with Crippen LogP contribution in [-0.2, 0) is 21.9 Å². The van der Waals surface area contributed by atoms with Gasteiger partial charge in [-0.3, -0.25) is 9.59 Å². The van der Waals surface area contributed by atoms with Crippen molar-refractivity contribution in [1.29, 1.82) is 0 Å². The minimum absolute atomic E-state index is 0.121. The van der Waals surface area contributed by atoms with E-state index in [9.17, 15) is 9.59 Å². The molecule has 162 valence electrons. The number of carbonyl (C=O) groups excluding carboxylic acids is 2. The fourth-order valence-electron chi connectivity index (χ4n) is 2.78. The minimum atomic E-state index is -0.595. The molecule has 0 aliphatic carbocycles. The quantitative estimate of drug-likeness (QED) is 0.459. The summed E-state index contributed by atoms with van der Waals surface area (Å²) < 4.78 is 0. The summed E-state index contributed by atoms with van der Waals surface area (Å²) in [6.45, 7) is 4.61. The molecule has 2 aromatic rings. The van der Waals surface area contributed by atoms with Gasteiger partial charge in [-0.25, -0.2) is 0 Å². The highest BCUT2D eigenvalue weighted by Gasteiger charge is 2.26. The zero-order valence-corrected chi connectivity index (χ0v) is 20.0. The van der Waals surface area contributed by atoms with Crippen molar-refractivity contribution in [2.24, 2.45) is 0 Å². The van der Waals surface area contributed by atoms with Gasteiger partial charge in [-0.1, -0.05) is 59.9 Å². The number of thioether (sulfide) groups is 1. The normalized spacial score (nSPS) is 11.8. The summed E-state index contributed by atoms with van der Waals surface area (Å²) in [6.07, 6.45) is 0.832. The van der Waals surface area contributed by atoms with E-state index in [1.54, 1.807) is 36.1 Å². The third-order valence-corrected chi connectivity index (χ3v) is 6.24. The SMILES string of the molecule is CCCNC(=O)[C@H](C)N(Cc1cccc(Cl)c1)C(=O)CSCc1ccc(Cl)cc1Cl. The van der Waals surface area contributed by atoms with E-state index in [0.29, 0.717) is 33.9 Å². The van der Waals surface area contributed by atoms with Crippen molar-refractivity contribution < 1.29 is 9.59 Å². The van der Waals surface area contributed by atoms with Crippen LogP contribution in [0.3, 0.4) is 0 Å².